The van der Waals surface area contributed by atoms with Crippen molar-refractivity contribution in [3.63, 3.8) is 0 Å². The number of nitro benzene ring substituents is 1. The number of amides is 2. The fourth-order valence-electron chi connectivity index (χ4n) is 2.35. The number of carbonyl (C=O) groups is 3. The Bertz CT molecular complexity index is 715. The van der Waals surface area contributed by atoms with Crippen molar-refractivity contribution in [2.24, 2.45) is 0 Å². The molecule has 0 unspecified atom stereocenters. The van der Waals surface area contributed by atoms with Gasteiger partial charge in [0.1, 0.15) is 0 Å². The number of nitro groups is 1. The molecule has 0 radical (unpaired) electrons. The molecular formula is C15H16ClN3O6. The highest BCUT2D eigenvalue weighted by molar-refractivity contribution is 6.33. The summed E-state index contributed by atoms with van der Waals surface area (Å²) in [6.45, 7) is 2.51. The zero-order valence-corrected chi connectivity index (χ0v) is 14.2. The second kappa shape index (κ2) is 7.93. The van der Waals surface area contributed by atoms with Gasteiger partial charge in [-0.25, -0.2) is 4.79 Å². The highest BCUT2D eigenvalue weighted by atomic mass is 35.5. The van der Waals surface area contributed by atoms with Gasteiger partial charge in [0.2, 0.25) is 5.91 Å². The summed E-state index contributed by atoms with van der Waals surface area (Å²) in [4.78, 5) is 48.5. The summed E-state index contributed by atoms with van der Waals surface area (Å²) in [5, 5.41) is 10.8. The Morgan fingerprint density at radius 1 is 1.20 bits per heavy atom. The van der Waals surface area contributed by atoms with Crippen molar-refractivity contribution < 1.29 is 24.0 Å². The van der Waals surface area contributed by atoms with Gasteiger partial charge in [-0.15, -0.1) is 0 Å². The maximum Gasteiger partial charge on any atom is 0.340 e. The van der Waals surface area contributed by atoms with E-state index < -0.39 is 23.4 Å². The molecule has 0 aromatic heterocycles. The Hall–Kier alpha value is -2.68. The number of carbonyl (C=O) groups excluding carboxylic acids is 3. The SMILES string of the molecule is CC(=O)N1CCN(C(=O)COC(=O)c2cc([N+](=O)[O-])ccc2Cl)CC1. The van der Waals surface area contributed by atoms with E-state index >= 15 is 0 Å². The zero-order valence-electron chi connectivity index (χ0n) is 13.4. The summed E-state index contributed by atoms with van der Waals surface area (Å²) in [5.41, 5.74) is -0.479. The largest absolute Gasteiger partial charge is 0.452 e. The number of rotatable bonds is 4. The molecule has 0 bridgehead atoms. The first-order chi connectivity index (χ1) is 11.8. The molecule has 1 heterocycles. The number of benzene rings is 1. The molecule has 1 aromatic carbocycles. The second-order valence-corrected chi connectivity index (χ2v) is 5.79. The quantitative estimate of drug-likeness (QED) is 0.446. The van der Waals surface area contributed by atoms with Crippen LogP contribution in [0.2, 0.25) is 5.02 Å². The van der Waals surface area contributed by atoms with Gasteiger partial charge in [-0.3, -0.25) is 19.7 Å². The van der Waals surface area contributed by atoms with E-state index in [4.69, 9.17) is 16.3 Å². The molecule has 0 spiro atoms. The summed E-state index contributed by atoms with van der Waals surface area (Å²) in [7, 11) is 0. The molecule has 0 N–H and O–H groups in total. The molecule has 10 heteroatoms. The van der Waals surface area contributed by atoms with E-state index in [1.165, 1.54) is 24.0 Å². The molecule has 0 atom stereocenters. The number of non-ortho nitro benzene ring substituents is 1. The Labute approximate surface area is 148 Å². The minimum atomic E-state index is -0.913. The zero-order chi connectivity index (χ0) is 18.6. The van der Waals surface area contributed by atoms with Crippen molar-refractivity contribution in [3.8, 4) is 0 Å². The molecule has 1 aliphatic heterocycles. The third-order valence-electron chi connectivity index (χ3n) is 3.79. The molecule has 134 valence electrons. The van der Waals surface area contributed by atoms with Crippen molar-refractivity contribution in [2.45, 2.75) is 6.92 Å². The predicted octanol–water partition coefficient (Wildman–Crippen LogP) is 1.10. The third-order valence-corrected chi connectivity index (χ3v) is 4.11. The first kappa shape index (κ1) is 18.7. The maximum atomic E-state index is 12.1. The van der Waals surface area contributed by atoms with Gasteiger partial charge in [0.05, 0.1) is 15.5 Å². The summed E-state index contributed by atoms with van der Waals surface area (Å²) in [6, 6.07) is 3.39. The smallest absolute Gasteiger partial charge is 0.340 e. The van der Waals surface area contributed by atoms with Crippen LogP contribution in [-0.2, 0) is 14.3 Å². The van der Waals surface area contributed by atoms with Gasteiger partial charge in [0.15, 0.2) is 6.61 Å². The van der Waals surface area contributed by atoms with Gasteiger partial charge in [0.25, 0.3) is 11.6 Å². The van der Waals surface area contributed by atoms with E-state index in [0.717, 1.165) is 6.07 Å². The normalized spacial score (nSPS) is 14.2. The second-order valence-electron chi connectivity index (χ2n) is 5.38. The van der Waals surface area contributed by atoms with Crippen LogP contribution in [0.5, 0.6) is 0 Å². The lowest BCUT2D eigenvalue weighted by atomic mass is 10.2. The number of piperazine rings is 1. The lowest BCUT2D eigenvalue weighted by Crippen LogP contribution is -2.51. The van der Waals surface area contributed by atoms with Gasteiger partial charge in [-0.1, -0.05) is 11.6 Å². The average Bonchev–Trinajstić information content (AvgIpc) is 2.59. The van der Waals surface area contributed by atoms with Crippen LogP contribution in [-0.4, -0.2) is 65.3 Å². The molecule has 1 aromatic rings. The Morgan fingerprint density at radius 3 is 2.36 bits per heavy atom. The monoisotopic (exact) mass is 369 g/mol. The van der Waals surface area contributed by atoms with Crippen molar-refractivity contribution in [1.29, 1.82) is 0 Å². The van der Waals surface area contributed by atoms with Crippen LogP contribution in [0.1, 0.15) is 17.3 Å². The van der Waals surface area contributed by atoms with E-state index in [-0.39, 0.29) is 22.2 Å². The van der Waals surface area contributed by atoms with E-state index in [1.54, 1.807) is 4.90 Å². The number of ether oxygens (including phenoxy) is 1. The Kier molecular flexibility index (Phi) is 5.92. The molecule has 25 heavy (non-hydrogen) atoms. The standard InChI is InChI=1S/C15H16ClN3O6/c1-10(20)17-4-6-18(7-5-17)14(21)9-25-15(22)12-8-11(19(23)24)2-3-13(12)16/h2-3,8H,4-7,9H2,1H3. The van der Waals surface area contributed by atoms with Crippen LogP contribution in [0.25, 0.3) is 0 Å². The highest BCUT2D eigenvalue weighted by Gasteiger charge is 2.24. The molecule has 1 saturated heterocycles. The molecular weight excluding hydrogens is 354 g/mol. The highest BCUT2D eigenvalue weighted by Crippen LogP contribution is 2.22. The predicted molar refractivity (Wildman–Crippen MR) is 87.2 cm³/mol. The van der Waals surface area contributed by atoms with Crippen LogP contribution < -0.4 is 0 Å². The fourth-order valence-corrected chi connectivity index (χ4v) is 2.55. The number of nitrogens with zero attached hydrogens (tertiary/aromatic N) is 3. The van der Waals surface area contributed by atoms with Gasteiger partial charge in [-0.2, -0.15) is 0 Å². The number of esters is 1. The molecule has 2 rings (SSSR count). The van der Waals surface area contributed by atoms with E-state index in [1.807, 2.05) is 0 Å². The summed E-state index contributed by atoms with van der Waals surface area (Å²) in [5.74, 6) is -1.37. The van der Waals surface area contributed by atoms with E-state index in [9.17, 15) is 24.5 Å². The van der Waals surface area contributed by atoms with Gasteiger partial charge < -0.3 is 14.5 Å². The van der Waals surface area contributed by atoms with Crippen LogP contribution in [0.15, 0.2) is 18.2 Å². The number of halogens is 1. The summed E-state index contributed by atoms with van der Waals surface area (Å²) >= 11 is 5.85. The molecule has 1 fully saturated rings. The molecule has 9 nitrogen and oxygen atoms in total. The van der Waals surface area contributed by atoms with E-state index in [2.05, 4.69) is 0 Å². The van der Waals surface area contributed by atoms with Gasteiger partial charge >= 0.3 is 5.97 Å². The number of hydrogen-bond acceptors (Lipinski definition) is 6. The van der Waals surface area contributed by atoms with Crippen molar-refractivity contribution in [3.05, 3.63) is 38.9 Å². The molecule has 2 amide bonds. The lowest BCUT2D eigenvalue weighted by Gasteiger charge is -2.34. The van der Waals surface area contributed by atoms with E-state index in [0.29, 0.717) is 26.2 Å². The van der Waals surface area contributed by atoms with Crippen LogP contribution in [0.3, 0.4) is 0 Å². The lowest BCUT2D eigenvalue weighted by molar-refractivity contribution is -0.384. The Balaban J connectivity index is 1.92. The third kappa shape index (κ3) is 4.66. The van der Waals surface area contributed by atoms with Crippen molar-refractivity contribution in [1.82, 2.24) is 9.80 Å². The molecule has 0 aliphatic carbocycles. The Morgan fingerprint density at radius 2 is 1.80 bits per heavy atom. The minimum Gasteiger partial charge on any atom is -0.452 e. The fraction of sp³-hybridized carbons (Fsp3) is 0.400. The van der Waals surface area contributed by atoms with Crippen molar-refractivity contribution in [2.75, 3.05) is 32.8 Å². The maximum absolute atomic E-state index is 12.1. The average molecular weight is 370 g/mol. The number of hydrogen-bond donors (Lipinski definition) is 0. The summed E-state index contributed by atoms with van der Waals surface area (Å²) < 4.78 is 4.92. The van der Waals surface area contributed by atoms with Crippen LogP contribution in [0.4, 0.5) is 5.69 Å². The summed E-state index contributed by atoms with van der Waals surface area (Å²) in [6.07, 6.45) is 0. The minimum absolute atomic E-state index is 0.00174. The van der Waals surface area contributed by atoms with Crippen LogP contribution >= 0.6 is 11.6 Å². The molecule has 0 saturated carbocycles. The first-order valence-electron chi connectivity index (χ1n) is 7.44. The molecule has 1 aliphatic rings. The van der Waals surface area contributed by atoms with Crippen LogP contribution in [0, 0.1) is 10.1 Å². The topological polar surface area (TPSA) is 110 Å². The van der Waals surface area contributed by atoms with Crippen molar-refractivity contribution >= 4 is 35.1 Å². The van der Waals surface area contributed by atoms with Gasteiger partial charge in [0, 0.05) is 45.2 Å². The van der Waals surface area contributed by atoms with Gasteiger partial charge in [-0.05, 0) is 6.07 Å². The first-order valence-corrected chi connectivity index (χ1v) is 7.81.